The first-order valence-electron chi connectivity index (χ1n) is 9.93. The molecular formula is C24H19NO7. The van der Waals surface area contributed by atoms with Gasteiger partial charge in [-0.15, -0.1) is 0 Å². The van der Waals surface area contributed by atoms with Gasteiger partial charge >= 0.3 is 5.97 Å². The van der Waals surface area contributed by atoms with Crippen molar-refractivity contribution in [1.29, 1.82) is 0 Å². The van der Waals surface area contributed by atoms with Gasteiger partial charge < -0.3 is 13.9 Å². The van der Waals surface area contributed by atoms with Crippen molar-refractivity contribution in [3.63, 3.8) is 0 Å². The third-order valence-corrected chi connectivity index (χ3v) is 4.92. The van der Waals surface area contributed by atoms with Crippen LogP contribution in [0.1, 0.15) is 54.1 Å². The van der Waals surface area contributed by atoms with E-state index in [1.165, 1.54) is 24.5 Å². The zero-order valence-corrected chi connectivity index (χ0v) is 17.2. The monoisotopic (exact) mass is 433 g/mol. The average Bonchev–Trinajstić information content (AvgIpc) is 3.41. The molecule has 1 aromatic heterocycles. The van der Waals surface area contributed by atoms with Gasteiger partial charge in [-0.3, -0.25) is 19.3 Å². The van der Waals surface area contributed by atoms with Crippen molar-refractivity contribution in [1.82, 2.24) is 4.90 Å². The Morgan fingerprint density at radius 1 is 0.938 bits per heavy atom. The van der Waals surface area contributed by atoms with E-state index in [2.05, 4.69) is 0 Å². The molecule has 0 fully saturated rings. The summed E-state index contributed by atoms with van der Waals surface area (Å²) >= 11 is 0. The summed E-state index contributed by atoms with van der Waals surface area (Å²) in [5, 5.41) is 0. The highest BCUT2D eigenvalue weighted by Gasteiger charge is 2.36. The highest BCUT2D eigenvalue weighted by Crippen LogP contribution is 2.26. The first-order valence-corrected chi connectivity index (χ1v) is 9.93. The molecule has 32 heavy (non-hydrogen) atoms. The molecule has 4 rings (SSSR count). The van der Waals surface area contributed by atoms with Crippen LogP contribution in [0.2, 0.25) is 0 Å². The summed E-state index contributed by atoms with van der Waals surface area (Å²) in [6, 6.07) is 13.9. The van der Waals surface area contributed by atoms with E-state index < -0.39 is 24.4 Å². The van der Waals surface area contributed by atoms with E-state index in [0.717, 1.165) is 4.90 Å². The Morgan fingerprint density at radius 3 is 2.34 bits per heavy atom. The number of Topliss-reactive ketones (excluding diaryl/α,β-unsaturated/α-hetero) is 1. The molecular weight excluding hydrogens is 414 g/mol. The second-order valence-corrected chi connectivity index (χ2v) is 6.99. The predicted octanol–water partition coefficient (Wildman–Crippen LogP) is 3.51. The molecule has 162 valence electrons. The molecule has 8 nitrogen and oxygen atoms in total. The van der Waals surface area contributed by atoms with Crippen LogP contribution in [0, 0.1) is 0 Å². The fraction of sp³-hybridized carbons (Fsp3) is 0.167. The average molecular weight is 433 g/mol. The van der Waals surface area contributed by atoms with Crippen LogP contribution in [-0.2, 0) is 11.3 Å². The van der Waals surface area contributed by atoms with Gasteiger partial charge in [-0.25, -0.2) is 4.79 Å². The molecule has 2 aromatic carbocycles. The summed E-state index contributed by atoms with van der Waals surface area (Å²) in [5.74, 6) is -1.03. The molecule has 0 saturated heterocycles. The van der Waals surface area contributed by atoms with Gasteiger partial charge in [0.2, 0.25) is 0 Å². The number of ketones is 1. The van der Waals surface area contributed by atoms with Crippen molar-refractivity contribution >= 4 is 23.6 Å². The van der Waals surface area contributed by atoms with E-state index >= 15 is 0 Å². The Balaban J connectivity index is 1.41. The lowest BCUT2D eigenvalue weighted by Crippen LogP contribution is -2.28. The standard InChI is InChI=1S/C24H19NO7/c1-2-30-17-8-5-15(6-9-17)21(26)14-32-24(29)16-7-10-19-20(12-16)23(28)25(22(19)27)13-18-4-3-11-31-18/h3-12H,2,13-14H2,1H3. The maximum atomic E-state index is 12.7. The molecule has 0 saturated carbocycles. The molecule has 0 spiro atoms. The normalized spacial score (nSPS) is 12.6. The lowest BCUT2D eigenvalue weighted by atomic mass is 10.1. The maximum absolute atomic E-state index is 12.7. The topological polar surface area (TPSA) is 103 Å². The number of ether oxygens (including phenoxy) is 2. The third-order valence-electron chi connectivity index (χ3n) is 4.92. The molecule has 1 aliphatic rings. The molecule has 0 bridgehead atoms. The van der Waals surface area contributed by atoms with E-state index in [0.29, 0.717) is 23.7 Å². The number of hydrogen-bond acceptors (Lipinski definition) is 7. The highest BCUT2D eigenvalue weighted by atomic mass is 16.5. The molecule has 0 unspecified atom stereocenters. The van der Waals surface area contributed by atoms with Crippen molar-refractivity contribution in [2.45, 2.75) is 13.5 Å². The van der Waals surface area contributed by atoms with Gasteiger partial charge in [-0.05, 0) is 61.5 Å². The molecule has 0 radical (unpaired) electrons. The van der Waals surface area contributed by atoms with Gasteiger partial charge in [0.25, 0.3) is 11.8 Å². The Morgan fingerprint density at radius 2 is 1.66 bits per heavy atom. The van der Waals surface area contributed by atoms with E-state index in [-0.39, 0.29) is 29.0 Å². The van der Waals surface area contributed by atoms with E-state index in [9.17, 15) is 19.2 Å². The van der Waals surface area contributed by atoms with Crippen molar-refractivity contribution in [3.8, 4) is 5.75 Å². The van der Waals surface area contributed by atoms with Crippen LogP contribution in [0.25, 0.3) is 0 Å². The lowest BCUT2D eigenvalue weighted by Gasteiger charge is -2.11. The first-order chi connectivity index (χ1) is 15.5. The number of hydrogen-bond donors (Lipinski definition) is 0. The summed E-state index contributed by atoms with van der Waals surface area (Å²) in [5.41, 5.74) is 0.756. The molecule has 3 aromatic rings. The van der Waals surface area contributed by atoms with Gasteiger partial charge in [0, 0.05) is 5.56 Å². The quantitative estimate of drug-likeness (QED) is 0.304. The third kappa shape index (κ3) is 4.15. The predicted molar refractivity (Wildman–Crippen MR) is 112 cm³/mol. The van der Waals surface area contributed by atoms with Crippen LogP contribution >= 0.6 is 0 Å². The van der Waals surface area contributed by atoms with E-state index in [1.807, 2.05) is 6.92 Å². The molecule has 0 aliphatic carbocycles. The summed E-state index contributed by atoms with van der Waals surface area (Å²) in [7, 11) is 0. The Hall–Kier alpha value is -4.20. The minimum absolute atomic E-state index is 0.00425. The molecule has 0 atom stereocenters. The zero-order chi connectivity index (χ0) is 22.7. The number of benzene rings is 2. The number of nitrogens with zero attached hydrogens (tertiary/aromatic N) is 1. The number of fused-ring (bicyclic) bond motifs is 1. The van der Waals surface area contributed by atoms with Crippen LogP contribution in [0.5, 0.6) is 5.75 Å². The maximum Gasteiger partial charge on any atom is 0.338 e. The summed E-state index contributed by atoms with van der Waals surface area (Å²) in [6.45, 7) is 1.91. The van der Waals surface area contributed by atoms with E-state index in [4.69, 9.17) is 13.9 Å². The van der Waals surface area contributed by atoms with Crippen LogP contribution in [-0.4, -0.2) is 41.7 Å². The second-order valence-electron chi connectivity index (χ2n) is 6.99. The first kappa shape index (κ1) is 21.0. The SMILES string of the molecule is CCOc1ccc(C(=O)COC(=O)c2ccc3c(c2)C(=O)N(Cc2ccco2)C3=O)cc1. The highest BCUT2D eigenvalue weighted by molar-refractivity contribution is 6.21. The van der Waals surface area contributed by atoms with Crippen molar-refractivity contribution in [2.24, 2.45) is 0 Å². The smallest absolute Gasteiger partial charge is 0.338 e. The number of furan rings is 1. The van der Waals surface area contributed by atoms with Crippen LogP contribution in [0.3, 0.4) is 0 Å². The van der Waals surface area contributed by atoms with E-state index in [1.54, 1.807) is 36.4 Å². The van der Waals surface area contributed by atoms with Crippen LogP contribution in [0.4, 0.5) is 0 Å². The Kier molecular flexibility index (Phi) is 5.85. The van der Waals surface area contributed by atoms with Crippen molar-refractivity contribution in [2.75, 3.05) is 13.2 Å². The van der Waals surface area contributed by atoms with Gasteiger partial charge in [-0.2, -0.15) is 0 Å². The molecule has 8 heteroatoms. The number of carbonyl (C=O) groups is 4. The van der Waals surface area contributed by atoms with Gasteiger partial charge in [0.05, 0.1) is 36.1 Å². The lowest BCUT2D eigenvalue weighted by molar-refractivity contribution is 0.0474. The summed E-state index contributed by atoms with van der Waals surface area (Å²) in [6.07, 6.45) is 1.45. The van der Waals surface area contributed by atoms with Gasteiger partial charge in [-0.1, -0.05) is 0 Å². The van der Waals surface area contributed by atoms with Gasteiger partial charge in [0.1, 0.15) is 11.5 Å². The summed E-state index contributed by atoms with van der Waals surface area (Å²) < 4.78 is 15.6. The minimum atomic E-state index is -0.767. The molecule has 0 N–H and O–H groups in total. The number of imide groups is 1. The van der Waals surface area contributed by atoms with Crippen LogP contribution < -0.4 is 4.74 Å². The zero-order valence-electron chi connectivity index (χ0n) is 17.2. The molecule has 2 amide bonds. The van der Waals surface area contributed by atoms with Crippen molar-refractivity contribution in [3.05, 3.63) is 88.9 Å². The van der Waals surface area contributed by atoms with Crippen molar-refractivity contribution < 1.29 is 33.1 Å². The fourth-order valence-electron chi connectivity index (χ4n) is 3.32. The minimum Gasteiger partial charge on any atom is -0.494 e. The Bertz CT molecular complexity index is 1180. The Labute approximate surface area is 183 Å². The number of esters is 1. The summed E-state index contributed by atoms with van der Waals surface area (Å²) in [4.78, 5) is 51.0. The number of amides is 2. The molecule has 1 aliphatic heterocycles. The number of carbonyl (C=O) groups excluding carboxylic acids is 4. The number of rotatable bonds is 8. The largest absolute Gasteiger partial charge is 0.494 e. The second kappa shape index (κ2) is 8.89. The molecule has 2 heterocycles. The van der Waals surface area contributed by atoms with Gasteiger partial charge in [0.15, 0.2) is 12.4 Å². The fourth-order valence-corrected chi connectivity index (χ4v) is 3.32. The van der Waals surface area contributed by atoms with Crippen LogP contribution in [0.15, 0.2) is 65.3 Å².